The Labute approximate surface area is 127 Å². The molecule has 21 heavy (non-hydrogen) atoms. The predicted octanol–water partition coefficient (Wildman–Crippen LogP) is 3.61. The van der Waals surface area contributed by atoms with Gasteiger partial charge in [0, 0.05) is 11.7 Å². The minimum absolute atomic E-state index is 0.492. The van der Waals surface area contributed by atoms with Crippen molar-refractivity contribution in [3.05, 3.63) is 65.2 Å². The van der Waals surface area contributed by atoms with E-state index >= 15 is 0 Å². The van der Waals surface area contributed by atoms with Crippen LogP contribution in [-0.4, -0.2) is 19.1 Å². The molecule has 0 saturated heterocycles. The Morgan fingerprint density at radius 2 is 1.71 bits per heavy atom. The molecule has 0 fully saturated rings. The van der Waals surface area contributed by atoms with Gasteiger partial charge in [-0.2, -0.15) is 0 Å². The van der Waals surface area contributed by atoms with E-state index in [0.29, 0.717) is 6.04 Å². The summed E-state index contributed by atoms with van der Waals surface area (Å²) in [6.07, 6.45) is 3.28. The molecule has 0 bridgehead atoms. The summed E-state index contributed by atoms with van der Waals surface area (Å²) in [6, 6.07) is 18.1. The van der Waals surface area contributed by atoms with Crippen molar-refractivity contribution in [3.8, 4) is 0 Å². The van der Waals surface area contributed by atoms with Crippen LogP contribution in [0.4, 0.5) is 5.69 Å². The fourth-order valence-corrected chi connectivity index (χ4v) is 3.11. The Morgan fingerprint density at radius 3 is 2.52 bits per heavy atom. The number of rotatable bonds is 4. The molecule has 0 radical (unpaired) electrons. The van der Waals surface area contributed by atoms with E-state index in [0.717, 1.165) is 32.4 Å². The first-order valence-corrected chi connectivity index (χ1v) is 7.98. The van der Waals surface area contributed by atoms with E-state index in [1.165, 1.54) is 22.4 Å². The summed E-state index contributed by atoms with van der Waals surface area (Å²) in [6.45, 7) is 4.27. The molecule has 2 aromatic carbocycles. The maximum absolute atomic E-state index is 3.76. The molecule has 0 amide bonds. The second-order valence-electron chi connectivity index (χ2n) is 5.79. The van der Waals surface area contributed by atoms with Crippen molar-refractivity contribution in [1.29, 1.82) is 0 Å². The summed E-state index contributed by atoms with van der Waals surface area (Å²) in [5, 5.41) is 7.20. The highest BCUT2D eigenvalue weighted by atomic mass is 14.9. The van der Waals surface area contributed by atoms with Crippen LogP contribution in [0.1, 0.15) is 30.0 Å². The van der Waals surface area contributed by atoms with Crippen LogP contribution in [0.2, 0.25) is 0 Å². The molecule has 2 nitrogen and oxygen atoms in total. The molecular weight excluding hydrogens is 256 g/mol. The molecule has 0 aliphatic carbocycles. The summed E-state index contributed by atoms with van der Waals surface area (Å²) in [4.78, 5) is 0. The summed E-state index contributed by atoms with van der Waals surface area (Å²) >= 11 is 0. The van der Waals surface area contributed by atoms with Gasteiger partial charge in [0.2, 0.25) is 0 Å². The molecule has 1 atom stereocenters. The van der Waals surface area contributed by atoms with E-state index in [2.05, 4.69) is 66.1 Å². The zero-order valence-electron chi connectivity index (χ0n) is 12.7. The largest absolute Gasteiger partial charge is 0.382 e. The Hall–Kier alpha value is -1.80. The Bertz CT molecular complexity index is 544. The van der Waals surface area contributed by atoms with Crippen molar-refractivity contribution in [1.82, 2.24) is 5.32 Å². The predicted molar refractivity (Wildman–Crippen MR) is 90.0 cm³/mol. The number of para-hydroxylation sites is 1. The van der Waals surface area contributed by atoms with Gasteiger partial charge in [-0.3, -0.25) is 0 Å². The Kier molecular flexibility index (Phi) is 4.56. The average molecular weight is 280 g/mol. The monoisotopic (exact) mass is 280 g/mol. The van der Waals surface area contributed by atoms with Gasteiger partial charge in [-0.1, -0.05) is 49.4 Å². The second-order valence-corrected chi connectivity index (χ2v) is 5.79. The zero-order valence-corrected chi connectivity index (χ0v) is 12.7. The average Bonchev–Trinajstić information content (AvgIpc) is 2.49. The molecular formula is C19H24N2. The van der Waals surface area contributed by atoms with Crippen LogP contribution in [0.15, 0.2) is 48.5 Å². The maximum Gasteiger partial charge on any atom is 0.0378 e. The van der Waals surface area contributed by atoms with Crippen molar-refractivity contribution >= 4 is 5.69 Å². The van der Waals surface area contributed by atoms with Crippen LogP contribution < -0.4 is 10.6 Å². The summed E-state index contributed by atoms with van der Waals surface area (Å²) < 4.78 is 0. The van der Waals surface area contributed by atoms with Gasteiger partial charge in [-0.05, 0) is 55.1 Å². The third kappa shape index (κ3) is 3.45. The van der Waals surface area contributed by atoms with E-state index in [9.17, 15) is 0 Å². The topological polar surface area (TPSA) is 24.1 Å². The third-order valence-corrected chi connectivity index (χ3v) is 4.26. The van der Waals surface area contributed by atoms with Crippen LogP contribution in [0, 0.1) is 0 Å². The number of benzene rings is 2. The summed E-state index contributed by atoms with van der Waals surface area (Å²) in [7, 11) is 0. The quantitative estimate of drug-likeness (QED) is 0.836. The van der Waals surface area contributed by atoms with Gasteiger partial charge in [0.1, 0.15) is 0 Å². The first-order chi connectivity index (χ1) is 10.4. The Morgan fingerprint density at radius 1 is 1.00 bits per heavy atom. The number of anilines is 1. The minimum Gasteiger partial charge on any atom is -0.382 e. The van der Waals surface area contributed by atoms with Gasteiger partial charge in [0.15, 0.2) is 0 Å². The number of fused-ring (bicyclic) bond motifs is 2. The van der Waals surface area contributed by atoms with E-state index in [4.69, 9.17) is 0 Å². The lowest BCUT2D eigenvalue weighted by atomic mass is 9.91. The number of hydrogen-bond donors (Lipinski definition) is 2. The SMILES string of the molecule is CCNCCC1Cc2ccccc2Cc2ccccc2N1. The van der Waals surface area contributed by atoms with Crippen LogP contribution >= 0.6 is 0 Å². The molecule has 1 aliphatic rings. The molecule has 2 heteroatoms. The van der Waals surface area contributed by atoms with E-state index in [1.54, 1.807) is 0 Å². The van der Waals surface area contributed by atoms with Crippen molar-refractivity contribution < 1.29 is 0 Å². The molecule has 2 aromatic rings. The van der Waals surface area contributed by atoms with Gasteiger partial charge in [-0.15, -0.1) is 0 Å². The first kappa shape index (κ1) is 14.2. The van der Waals surface area contributed by atoms with Gasteiger partial charge in [-0.25, -0.2) is 0 Å². The minimum atomic E-state index is 0.492. The molecule has 110 valence electrons. The van der Waals surface area contributed by atoms with Crippen molar-refractivity contribution in [2.75, 3.05) is 18.4 Å². The van der Waals surface area contributed by atoms with E-state index < -0.39 is 0 Å². The van der Waals surface area contributed by atoms with E-state index in [-0.39, 0.29) is 0 Å². The summed E-state index contributed by atoms with van der Waals surface area (Å²) in [5.41, 5.74) is 5.66. The fourth-order valence-electron chi connectivity index (χ4n) is 3.11. The van der Waals surface area contributed by atoms with Gasteiger partial charge >= 0.3 is 0 Å². The Balaban J connectivity index is 1.88. The van der Waals surface area contributed by atoms with Crippen LogP contribution in [-0.2, 0) is 12.8 Å². The second kappa shape index (κ2) is 6.77. The molecule has 1 aliphatic heterocycles. The molecule has 1 unspecified atom stereocenters. The maximum atomic E-state index is 3.76. The molecule has 2 N–H and O–H groups in total. The van der Waals surface area contributed by atoms with Crippen LogP contribution in [0.25, 0.3) is 0 Å². The highest BCUT2D eigenvalue weighted by Crippen LogP contribution is 2.26. The lowest BCUT2D eigenvalue weighted by Gasteiger charge is -2.26. The lowest BCUT2D eigenvalue weighted by molar-refractivity contribution is 0.590. The highest BCUT2D eigenvalue weighted by molar-refractivity contribution is 5.55. The van der Waals surface area contributed by atoms with Gasteiger partial charge in [0.05, 0.1) is 0 Å². The normalized spacial score (nSPS) is 17.1. The van der Waals surface area contributed by atoms with Crippen molar-refractivity contribution in [2.24, 2.45) is 0 Å². The third-order valence-electron chi connectivity index (χ3n) is 4.26. The van der Waals surface area contributed by atoms with Crippen molar-refractivity contribution in [3.63, 3.8) is 0 Å². The number of nitrogens with one attached hydrogen (secondary N) is 2. The smallest absolute Gasteiger partial charge is 0.0378 e. The van der Waals surface area contributed by atoms with E-state index in [1.807, 2.05) is 0 Å². The fraction of sp³-hybridized carbons (Fsp3) is 0.368. The number of hydrogen-bond acceptors (Lipinski definition) is 2. The van der Waals surface area contributed by atoms with Crippen molar-refractivity contribution in [2.45, 2.75) is 32.2 Å². The van der Waals surface area contributed by atoms with Crippen LogP contribution in [0.3, 0.4) is 0 Å². The molecule has 0 saturated carbocycles. The first-order valence-electron chi connectivity index (χ1n) is 7.98. The highest BCUT2D eigenvalue weighted by Gasteiger charge is 2.17. The van der Waals surface area contributed by atoms with Crippen LogP contribution in [0.5, 0.6) is 0 Å². The molecule has 3 rings (SSSR count). The standard InChI is InChI=1S/C19H24N2/c1-2-20-12-11-18-14-16-8-4-3-7-15(16)13-17-9-5-6-10-19(17)21-18/h3-10,18,20-21H,2,11-14H2,1H3. The van der Waals surface area contributed by atoms with Gasteiger partial charge < -0.3 is 10.6 Å². The van der Waals surface area contributed by atoms with Gasteiger partial charge in [0.25, 0.3) is 0 Å². The zero-order chi connectivity index (χ0) is 14.5. The molecule has 0 aromatic heterocycles. The lowest BCUT2D eigenvalue weighted by Crippen LogP contribution is -2.29. The molecule has 0 spiro atoms. The molecule has 1 heterocycles. The summed E-state index contributed by atoms with van der Waals surface area (Å²) in [5.74, 6) is 0.